The Kier molecular flexibility index (Phi) is 4.76. The van der Waals surface area contributed by atoms with Crippen molar-refractivity contribution < 1.29 is 14.1 Å². The minimum Gasteiger partial charge on any atom is -0.329 e. The Morgan fingerprint density at radius 1 is 1.32 bits per heavy atom. The van der Waals surface area contributed by atoms with E-state index in [-0.39, 0.29) is 23.5 Å². The lowest BCUT2D eigenvalue weighted by molar-refractivity contribution is -0.385. The topological polar surface area (TPSA) is 75.5 Å². The zero-order valence-electron chi connectivity index (χ0n) is 13.7. The van der Waals surface area contributed by atoms with Crippen LogP contribution in [0.1, 0.15) is 27.5 Å². The first-order valence-corrected chi connectivity index (χ1v) is 8.00. The van der Waals surface area contributed by atoms with Gasteiger partial charge < -0.3 is 10.2 Å². The van der Waals surface area contributed by atoms with Gasteiger partial charge in [-0.2, -0.15) is 0 Å². The normalized spacial score (nSPS) is 17.4. The van der Waals surface area contributed by atoms with Crippen LogP contribution in [0.3, 0.4) is 0 Å². The summed E-state index contributed by atoms with van der Waals surface area (Å²) in [4.78, 5) is 25.3. The van der Waals surface area contributed by atoms with Crippen molar-refractivity contribution in [2.45, 2.75) is 13.0 Å². The molecule has 130 valence electrons. The Morgan fingerprint density at radius 3 is 2.80 bits per heavy atom. The number of piperazine rings is 1. The van der Waals surface area contributed by atoms with Gasteiger partial charge in [-0.25, -0.2) is 4.39 Å². The molecule has 3 rings (SSSR count). The molecular formula is C18H18FN3O3. The average molecular weight is 343 g/mol. The molecule has 1 aliphatic heterocycles. The highest BCUT2D eigenvalue weighted by Crippen LogP contribution is 2.28. The predicted octanol–water partition coefficient (Wildman–Crippen LogP) is 2.83. The van der Waals surface area contributed by atoms with Crippen molar-refractivity contribution in [3.8, 4) is 0 Å². The van der Waals surface area contributed by atoms with Gasteiger partial charge in [-0.3, -0.25) is 14.9 Å². The van der Waals surface area contributed by atoms with E-state index in [9.17, 15) is 19.3 Å². The summed E-state index contributed by atoms with van der Waals surface area (Å²) in [6, 6.07) is 10.3. The van der Waals surface area contributed by atoms with Crippen molar-refractivity contribution in [3.05, 3.63) is 75.1 Å². The third-order valence-electron chi connectivity index (χ3n) is 4.47. The largest absolute Gasteiger partial charge is 0.329 e. The second-order valence-corrected chi connectivity index (χ2v) is 5.98. The molecule has 1 atom stereocenters. The van der Waals surface area contributed by atoms with E-state index in [4.69, 9.17) is 0 Å². The molecule has 0 saturated carbocycles. The summed E-state index contributed by atoms with van der Waals surface area (Å²) in [5.41, 5.74) is 1.26. The third-order valence-corrected chi connectivity index (χ3v) is 4.47. The Balaban J connectivity index is 1.97. The molecule has 0 aliphatic carbocycles. The van der Waals surface area contributed by atoms with Gasteiger partial charge in [-0.05, 0) is 30.7 Å². The molecule has 2 aromatic carbocycles. The van der Waals surface area contributed by atoms with E-state index in [0.29, 0.717) is 36.3 Å². The third kappa shape index (κ3) is 3.36. The second-order valence-electron chi connectivity index (χ2n) is 5.98. The van der Waals surface area contributed by atoms with Gasteiger partial charge in [-0.1, -0.05) is 18.2 Å². The Morgan fingerprint density at radius 2 is 2.08 bits per heavy atom. The lowest BCUT2D eigenvalue weighted by Gasteiger charge is -2.37. The lowest BCUT2D eigenvalue weighted by atomic mass is 10.00. The fourth-order valence-corrected chi connectivity index (χ4v) is 3.17. The minimum absolute atomic E-state index is 0.0803. The molecule has 1 heterocycles. The van der Waals surface area contributed by atoms with E-state index in [1.165, 1.54) is 24.3 Å². The molecule has 1 aliphatic rings. The molecule has 1 amide bonds. The van der Waals surface area contributed by atoms with Gasteiger partial charge in [0.2, 0.25) is 0 Å². The Bertz CT molecular complexity index is 825. The molecule has 2 aromatic rings. The first-order chi connectivity index (χ1) is 12.0. The van der Waals surface area contributed by atoms with Crippen LogP contribution in [0.15, 0.2) is 42.5 Å². The van der Waals surface area contributed by atoms with Crippen LogP contribution in [0.4, 0.5) is 10.1 Å². The molecule has 1 N–H and O–H groups in total. The summed E-state index contributed by atoms with van der Waals surface area (Å²) in [7, 11) is 0. The van der Waals surface area contributed by atoms with Gasteiger partial charge in [0.25, 0.3) is 11.6 Å². The summed E-state index contributed by atoms with van der Waals surface area (Å²) < 4.78 is 13.6. The summed E-state index contributed by atoms with van der Waals surface area (Å²) >= 11 is 0. The van der Waals surface area contributed by atoms with Gasteiger partial charge in [0.1, 0.15) is 5.82 Å². The maximum Gasteiger partial charge on any atom is 0.273 e. The Hall–Kier alpha value is -2.80. The summed E-state index contributed by atoms with van der Waals surface area (Å²) in [6.45, 7) is 3.14. The maximum atomic E-state index is 13.6. The first-order valence-electron chi connectivity index (χ1n) is 8.00. The molecule has 6 nitrogen and oxygen atoms in total. The van der Waals surface area contributed by atoms with Crippen molar-refractivity contribution in [1.82, 2.24) is 10.2 Å². The SMILES string of the molecule is Cc1c(C(=O)N2CCNCC2c2cccc(F)c2)cccc1[N+](=O)[O-]. The Labute approximate surface area is 144 Å². The number of benzene rings is 2. The number of nitro benzene ring substituents is 1. The van der Waals surface area contributed by atoms with E-state index < -0.39 is 4.92 Å². The number of rotatable bonds is 3. The summed E-state index contributed by atoms with van der Waals surface area (Å²) in [6.07, 6.45) is 0. The predicted molar refractivity (Wildman–Crippen MR) is 90.9 cm³/mol. The fourth-order valence-electron chi connectivity index (χ4n) is 3.17. The van der Waals surface area contributed by atoms with Crippen LogP contribution in [0.25, 0.3) is 0 Å². The number of carbonyl (C=O) groups is 1. The van der Waals surface area contributed by atoms with Gasteiger partial charge in [-0.15, -0.1) is 0 Å². The van der Waals surface area contributed by atoms with Crippen LogP contribution in [-0.2, 0) is 0 Å². The number of hydrogen-bond donors (Lipinski definition) is 1. The zero-order valence-corrected chi connectivity index (χ0v) is 13.7. The number of carbonyl (C=O) groups excluding carboxylic acids is 1. The van der Waals surface area contributed by atoms with Crippen LogP contribution in [0.5, 0.6) is 0 Å². The number of amides is 1. The average Bonchev–Trinajstić information content (AvgIpc) is 2.61. The van der Waals surface area contributed by atoms with E-state index in [1.54, 1.807) is 30.0 Å². The standard InChI is InChI=1S/C18H18FN3O3/c1-12-15(6-3-7-16(12)22(24)25)18(23)21-9-8-20-11-17(21)13-4-2-5-14(19)10-13/h2-7,10,17,20H,8-9,11H2,1H3. The van der Waals surface area contributed by atoms with Gasteiger partial charge >= 0.3 is 0 Å². The molecule has 1 fully saturated rings. The number of nitro groups is 1. The molecule has 0 aromatic heterocycles. The second kappa shape index (κ2) is 6.98. The highest BCUT2D eigenvalue weighted by Gasteiger charge is 2.30. The zero-order chi connectivity index (χ0) is 18.0. The highest BCUT2D eigenvalue weighted by molar-refractivity contribution is 5.97. The van der Waals surface area contributed by atoms with Crippen molar-refractivity contribution in [3.63, 3.8) is 0 Å². The quantitative estimate of drug-likeness (QED) is 0.687. The van der Waals surface area contributed by atoms with E-state index in [2.05, 4.69) is 5.32 Å². The van der Waals surface area contributed by atoms with E-state index in [1.807, 2.05) is 0 Å². The fraction of sp³-hybridized carbons (Fsp3) is 0.278. The molecule has 7 heteroatoms. The van der Waals surface area contributed by atoms with Crippen LogP contribution < -0.4 is 5.32 Å². The maximum absolute atomic E-state index is 13.6. The number of hydrogen-bond acceptors (Lipinski definition) is 4. The molecular weight excluding hydrogens is 325 g/mol. The van der Waals surface area contributed by atoms with E-state index >= 15 is 0 Å². The molecule has 0 bridgehead atoms. The molecule has 1 unspecified atom stereocenters. The molecule has 0 radical (unpaired) electrons. The number of nitrogens with zero attached hydrogens (tertiary/aromatic N) is 2. The van der Waals surface area contributed by atoms with Crippen molar-refractivity contribution in [1.29, 1.82) is 0 Å². The first kappa shape index (κ1) is 17.0. The summed E-state index contributed by atoms with van der Waals surface area (Å²) in [5.74, 6) is -0.640. The lowest BCUT2D eigenvalue weighted by Crippen LogP contribution is -2.48. The van der Waals surface area contributed by atoms with Crippen molar-refractivity contribution >= 4 is 11.6 Å². The summed E-state index contributed by atoms with van der Waals surface area (Å²) in [5, 5.41) is 14.3. The minimum atomic E-state index is -0.492. The smallest absolute Gasteiger partial charge is 0.273 e. The molecule has 0 spiro atoms. The number of halogens is 1. The van der Waals surface area contributed by atoms with E-state index in [0.717, 1.165) is 0 Å². The van der Waals surface area contributed by atoms with Crippen LogP contribution in [0.2, 0.25) is 0 Å². The monoisotopic (exact) mass is 343 g/mol. The highest BCUT2D eigenvalue weighted by atomic mass is 19.1. The van der Waals surface area contributed by atoms with Crippen LogP contribution in [0, 0.1) is 22.9 Å². The molecule has 25 heavy (non-hydrogen) atoms. The van der Waals surface area contributed by atoms with Gasteiger partial charge in [0, 0.05) is 36.8 Å². The van der Waals surface area contributed by atoms with Gasteiger partial charge in [0.15, 0.2) is 0 Å². The van der Waals surface area contributed by atoms with Crippen LogP contribution in [-0.4, -0.2) is 35.4 Å². The van der Waals surface area contributed by atoms with Crippen molar-refractivity contribution in [2.75, 3.05) is 19.6 Å². The number of nitrogens with one attached hydrogen (secondary N) is 1. The molecule has 1 saturated heterocycles. The van der Waals surface area contributed by atoms with Gasteiger partial charge in [0.05, 0.1) is 11.0 Å². The van der Waals surface area contributed by atoms with Crippen LogP contribution >= 0.6 is 0 Å². The van der Waals surface area contributed by atoms with Crippen molar-refractivity contribution in [2.24, 2.45) is 0 Å².